The average Bonchev–Trinajstić information content (AvgIpc) is 2.70. The molecule has 8 heteroatoms. The number of anilines is 1. The molecule has 0 unspecified atom stereocenters. The molecular formula is C21H23N5O3. The van der Waals surface area contributed by atoms with Crippen LogP contribution in [-0.2, 0) is 9.53 Å². The van der Waals surface area contributed by atoms with Crippen LogP contribution in [0.5, 0.6) is 0 Å². The van der Waals surface area contributed by atoms with Crippen LogP contribution in [0.1, 0.15) is 19.4 Å². The van der Waals surface area contributed by atoms with Crippen molar-refractivity contribution in [3.05, 3.63) is 58.5 Å². The maximum Gasteiger partial charge on any atom is 0.267 e. The second-order valence-corrected chi connectivity index (χ2v) is 6.91. The van der Waals surface area contributed by atoms with Gasteiger partial charge in [0.15, 0.2) is 0 Å². The Morgan fingerprint density at radius 3 is 2.79 bits per heavy atom. The minimum absolute atomic E-state index is 0.0436. The summed E-state index contributed by atoms with van der Waals surface area (Å²) in [5, 5.41) is 12.0. The van der Waals surface area contributed by atoms with Crippen molar-refractivity contribution in [2.75, 3.05) is 24.5 Å². The van der Waals surface area contributed by atoms with E-state index in [2.05, 4.69) is 16.9 Å². The second-order valence-electron chi connectivity index (χ2n) is 6.91. The smallest absolute Gasteiger partial charge is 0.267 e. The van der Waals surface area contributed by atoms with Crippen LogP contribution in [0.4, 0.5) is 5.82 Å². The predicted molar refractivity (Wildman–Crippen MR) is 110 cm³/mol. The lowest BCUT2D eigenvalue weighted by Crippen LogP contribution is -2.46. The van der Waals surface area contributed by atoms with Gasteiger partial charge in [-0.2, -0.15) is 5.26 Å². The normalized spacial score (nSPS) is 19.6. The molecule has 29 heavy (non-hydrogen) atoms. The number of morpholine rings is 1. The monoisotopic (exact) mass is 393 g/mol. The number of rotatable bonds is 5. The molecule has 150 valence electrons. The van der Waals surface area contributed by atoms with Gasteiger partial charge in [0, 0.05) is 25.8 Å². The van der Waals surface area contributed by atoms with Gasteiger partial charge in [-0.1, -0.05) is 12.1 Å². The van der Waals surface area contributed by atoms with Crippen LogP contribution < -0.4 is 15.8 Å². The van der Waals surface area contributed by atoms with Gasteiger partial charge in [-0.3, -0.25) is 14.0 Å². The Hall–Kier alpha value is -3.44. The zero-order chi connectivity index (χ0) is 21.0. The van der Waals surface area contributed by atoms with E-state index in [1.54, 1.807) is 24.4 Å². The number of fused-ring (bicyclic) bond motifs is 1. The van der Waals surface area contributed by atoms with Gasteiger partial charge >= 0.3 is 0 Å². The number of nitrogens with one attached hydrogen (secondary N) is 1. The summed E-state index contributed by atoms with van der Waals surface area (Å²) >= 11 is 0. The molecule has 1 saturated heterocycles. The molecule has 1 amide bonds. The van der Waals surface area contributed by atoms with E-state index < -0.39 is 5.91 Å². The first kappa shape index (κ1) is 20.3. The fourth-order valence-corrected chi connectivity index (χ4v) is 3.36. The third-order valence-electron chi connectivity index (χ3n) is 4.53. The first-order valence-corrected chi connectivity index (χ1v) is 9.37. The fourth-order valence-electron chi connectivity index (χ4n) is 3.36. The SMILES string of the molecule is C=CCNC(=O)/C(C#N)=C/c1c(N2C[C@@H](C)O[C@H](C)C2)nc2ccccn2c1=O. The third-order valence-corrected chi connectivity index (χ3v) is 4.53. The number of amides is 1. The zero-order valence-electron chi connectivity index (χ0n) is 16.5. The van der Waals surface area contributed by atoms with E-state index in [4.69, 9.17) is 4.74 Å². The van der Waals surface area contributed by atoms with Gasteiger partial charge in [-0.25, -0.2) is 4.98 Å². The maximum atomic E-state index is 13.2. The highest BCUT2D eigenvalue weighted by Crippen LogP contribution is 2.23. The summed E-state index contributed by atoms with van der Waals surface area (Å²) < 4.78 is 7.19. The van der Waals surface area contributed by atoms with E-state index in [1.165, 1.54) is 16.6 Å². The number of ether oxygens (including phenoxy) is 1. The summed E-state index contributed by atoms with van der Waals surface area (Å²) in [6, 6.07) is 7.15. The molecule has 0 aromatic carbocycles. The molecule has 0 bridgehead atoms. The van der Waals surface area contributed by atoms with Crippen molar-refractivity contribution in [1.29, 1.82) is 5.26 Å². The van der Waals surface area contributed by atoms with Crippen LogP contribution in [0.15, 0.2) is 47.4 Å². The summed E-state index contributed by atoms with van der Waals surface area (Å²) in [4.78, 5) is 32.1. The summed E-state index contributed by atoms with van der Waals surface area (Å²) in [5.41, 5.74) is 0.172. The van der Waals surface area contributed by atoms with Gasteiger partial charge in [0.25, 0.3) is 11.5 Å². The molecule has 1 N–H and O–H groups in total. The van der Waals surface area contributed by atoms with Crippen molar-refractivity contribution in [2.45, 2.75) is 26.1 Å². The van der Waals surface area contributed by atoms with Gasteiger partial charge < -0.3 is 15.0 Å². The molecule has 1 fully saturated rings. The van der Waals surface area contributed by atoms with Crippen LogP contribution in [0.2, 0.25) is 0 Å². The van der Waals surface area contributed by atoms with E-state index >= 15 is 0 Å². The highest BCUT2D eigenvalue weighted by atomic mass is 16.5. The van der Waals surface area contributed by atoms with Gasteiger partial charge in [0.05, 0.1) is 17.8 Å². The Morgan fingerprint density at radius 2 is 2.14 bits per heavy atom. The number of nitriles is 1. The summed E-state index contributed by atoms with van der Waals surface area (Å²) in [6.45, 7) is 8.76. The Kier molecular flexibility index (Phi) is 6.10. The zero-order valence-corrected chi connectivity index (χ0v) is 16.5. The van der Waals surface area contributed by atoms with Crippen LogP contribution >= 0.6 is 0 Å². The van der Waals surface area contributed by atoms with E-state index in [0.717, 1.165) is 0 Å². The number of hydrogen-bond donors (Lipinski definition) is 1. The number of hydrogen-bond acceptors (Lipinski definition) is 6. The molecular weight excluding hydrogens is 370 g/mol. The molecule has 0 spiro atoms. The van der Waals surface area contributed by atoms with Crippen molar-refractivity contribution >= 4 is 23.4 Å². The standard InChI is InChI=1S/C21H23N5O3/c1-4-8-23-20(27)16(11-22)10-17-19(25-12-14(2)29-15(3)13-25)24-18-7-5-6-9-26(18)21(17)28/h4-7,9-10,14-15H,1,8,12-13H2,2-3H3,(H,23,27)/b16-10+/t14-,15-/m1/s1. The molecule has 3 rings (SSSR count). The van der Waals surface area contributed by atoms with Crippen LogP contribution in [-0.4, -0.2) is 47.1 Å². The highest BCUT2D eigenvalue weighted by Gasteiger charge is 2.27. The van der Waals surface area contributed by atoms with Crippen molar-refractivity contribution in [3.8, 4) is 6.07 Å². The quantitative estimate of drug-likeness (QED) is 0.470. The molecule has 2 aromatic rings. The number of pyridine rings is 1. The number of nitrogens with zero attached hydrogens (tertiary/aromatic N) is 4. The Bertz CT molecular complexity index is 1060. The molecule has 0 saturated carbocycles. The molecule has 0 radical (unpaired) electrons. The summed E-state index contributed by atoms with van der Waals surface area (Å²) in [7, 11) is 0. The van der Waals surface area contributed by atoms with Crippen LogP contribution in [0.25, 0.3) is 11.7 Å². The van der Waals surface area contributed by atoms with Crippen molar-refractivity contribution in [1.82, 2.24) is 14.7 Å². The van der Waals surface area contributed by atoms with E-state index in [1.807, 2.05) is 24.8 Å². The van der Waals surface area contributed by atoms with E-state index in [-0.39, 0.29) is 35.4 Å². The number of carbonyl (C=O) groups excluding carboxylic acids is 1. The maximum absolute atomic E-state index is 13.2. The first-order valence-electron chi connectivity index (χ1n) is 9.37. The summed E-state index contributed by atoms with van der Waals surface area (Å²) in [6.07, 6.45) is 4.35. The minimum Gasteiger partial charge on any atom is -0.372 e. The van der Waals surface area contributed by atoms with Gasteiger partial charge in [-0.05, 0) is 32.1 Å². The minimum atomic E-state index is -0.570. The predicted octanol–water partition coefficient (Wildman–Crippen LogP) is 1.52. The Morgan fingerprint density at radius 1 is 1.41 bits per heavy atom. The average molecular weight is 393 g/mol. The van der Waals surface area contributed by atoms with E-state index in [9.17, 15) is 14.9 Å². The molecule has 2 atom stereocenters. The molecule has 2 aromatic heterocycles. The fraction of sp³-hybridized carbons (Fsp3) is 0.333. The molecule has 3 heterocycles. The van der Waals surface area contributed by atoms with Crippen LogP contribution in [0, 0.1) is 11.3 Å². The third kappa shape index (κ3) is 4.36. The first-order chi connectivity index (χ1) is 13.9. The summed E-state index contributed by atoms with van der Waals surface area (Å²) in [5.74, 6) is -0.132. The van der Waals surface area contributed by atoms with Gasteiger partial charge in [-0.15, -0.1) is 6.58 Å². The lowest BCUT2D eigenvalue weighted by atomic mass is 10.1. The molecule has 8 nitrogen and oxygen atoms in total. The Balaban J connectivity index is 2.18. The Labute approximate surface area is 168 Å². The molecule has 1 aliphatic heterocycles. The van der Waals surface area contributed by atoms with Crippen molar-refractivity contribution in [3.63, 3.8) is 0 Å². The number of aromatic nitrogens is 2. The van der Waals surface area contributed by atoms with Crippen LogP contribution in [0.3, 0.4) is 0 Å². The largest absolute Gasteiger partial charge is 0.372 e. The molecule has 0 aliphatic carbocycles. The van der Waals surface area contributed by atoms with Crippen molar-refractivity contribution < 1.29 is 9.53 Å². The highest BCUT2D eigenvalue weighted by molar-refractivity contribution is 6.02. The van der Waals surface area contributed by atoms with Gasteiger partial charge in [0.2, 0.25) is 0 Å². The topological polar surface area (TPSA) is 99.7 Å². The number of carbonyl (C=O) groups is 1. The van der Waals surface area contributed by atoms with Crippen molar-refractivity contribution in [2.24, 2.45) is 0 Å². The second kappa shape index (κ2) is 8.71. The lowest BCUT2D eigenvalue weighted by molar-refractivity contribution is -0.116. The lowest BCUT2D eigenvalue weighted by Gasteiger charge is -2.36. The molecule has 1 aliphatic rings. The van der Waals surface area contributed by atoms with E-state index in [0.29, 0.717) is 24.6 Å². The van der Waals surface area contributed by atoms with Gasteiger partial charge in [0.1, 0.15) is 23.1 Å².